The molecule has 0 aliphatic carbocycles. The molecule has 2 aromatic carbocycles. The van der Waals surface area contributed by atoms with Crippen molar-refractivity contribution in [2.75, 3.05) is 0 Å². The van der Waals surface area contributed by atoms with Crippen molar-refractivity contribution in [1.82, 2.24) is 15.5 Å². The number of benzene rings is 2. The normalized spacial score (nSPS) is 12.3. The number of H-pyrrole nitrogens is 1. The van der Waals surface area contributed by atoms with Crippen LogP contribution in [0, 0.1) is 13.8 Å². The van der Waals surface area contributed by atoms with Crippen LogP contribution >= 0.6 is 0 Å². The molecule has 1 aromatic heterocycles. The van der Waals surface area contributed by atoms with Gasteiger partial charge in [-0.3, -0.25) is 5.10 Å². The van der Waals surface area contributed by atoms with Gasteiger partial charge >= 0.3 is 0 Å². The molecule has 0 amide bonds. The minimum Gasteiger partial charge on any atom is -0.306 e. The highest BCUT2D eigenvalue weighted by Crippen LogP contribution is 2.24. The van der Waals surface area contributed by atoms with Crippen molar-refractivity contribution in [2.45, 2.75) is 33.4 Å². The number of aromatic amines is 1. The molecule has 3 nitrogen and oxygen atoms in total. The number of aryl methyl sites for hydroxylation is 2. The Morgan fingerprint density at radius 3 is 2.57 bits per heavy atom. The van der Waals surface area contributed by atoms with Gasteiger partial charge in [0.05, 0.1) is 11.9 Å². The van der Waals surface area contributed by atoms with Crippen molar-refractivity contribution in [2.24, 2.45) is 0 Å². The smallest absolute Gasteiger partial charge is 0.0695 e. The highest BCUT2D eigenvalue weighted by atomic mass is 15.1. The number of hydrogen-bond donors (Lipinski definition) is 2. The van der Waals surface area contributed by atoms with E-state index in [1.54, 1.807) is 0 Å². The van der Waals surface area contributed by atoms with Crippen LogP contribution in [0.3, 0.4) is 0 Å². The number of rotatable bonds is 5. The average molecular weight is 305 g/mol. The Morgan fingerprint density at radius 2 is 1.83 bits per heavy atom. The molecule has 0 unspecified atom stereocenters. The Bertz CT molecular complexity index is 775. The summed E-state index contributed by atoms with van der Waals surface area (Å²) < 4.78 is 0. The second kappa shape index (κ2) is 6.80. The topological polar surface area (TPSA) is 40.7 Å². The number of nitrogens with one attached hydrogen (secondary N) is 2. The molecule has 0 fully saturated rings. The third kappa shape index (κ3) is 3.51. The minimum atomic E-state index is 0.304. The number of nitrogens with zero attached hydrogens (tertiary/aromatic N) is 1. The summed E-state index contributed by atoms with van der Waals surface area (Å²) in [7, 11) is 0. The van der Waals surface area contributed by atoms with E-state index in [0.717, 1.165) is 12.2 Å². The lowest BCUT2D eigenvalue weighted by Gasteiger charge is -2.14. The first-order valence-corrected chi connectivity index (χ1v) is 8.03. The molecule has 0 aliphatic rings. The van der Waals surface area contributed by atoms with E-state index in [1.165, 1.54) is 27.8 Å². The second-order valence-electron chi connectivity index (χ2n) is 6.08. The molecule has 0 saturated heterocycles. The molecule has 23 heavy (non-hydrogen) atoms. The highest BCUT2D eigenvalue weighted by molar-refractivity contribution is 5.64. The van der Waals surface area contributed by atoms with Gasteiger partial charge in [-0.2, -0.15) is 5.10 Å². The van der Waals surface area contributed by atoms with Crippen LogP contribution < -0.4 is 5.32 Å². The lowest BCUT2D eigenvalue weighted by atomic mass is 10.0. The Balaban J connectivity index is 1.75. The lowest BCUT2D eigenvalue weighted by molar-refractivity contribution is 0.575. The van der Waals surface area contributed by atoms with Gasteiger partial charge < -0.3 is 5.32 Å². The van der Waals surface area contributed by atoms with E-state index in [2.05, 4.69) is 78.7 Å². The Hall–Kier alpha value is -2.39. The molecule has 0 aliphatic heterocycles. The Labute approximate surface area is 137 Å². The van der Waals surface area contributed by atoms with E-state index in [-0.39, 0.29) is 0 Å². The lowest BCUT2D eigenvalue weighted by Crippen LogP contribution is -2.18. The summed E-state index contributed by atoms with van der Waals surface area (Å²) in [5.74, 6) is 0. The fraction of sp³-hybridized carbons (Fsp3) is 0.250. The minimum absolute atomic E-state index is 0.304. The van der Waals surface area contributed by atoms with Crippen molar-refractivity contribution in [1.29, 1.82) is 0 Å². The van der Waals surface area contributed by atoms with Gasteiger partial charge in [0, 0.05) is 23.7 Å². The van der Waals surface area contributed by atoms with Gasteiger partial charge in [0.15, 0.2) is 0 Å². The van der Waals surface area contributed by atoms with E-state index in [4.69, 9.17) is 0 Å². The third-order valence-electron chi connectivity index (χ3n) is 4.41. The number of hydrogen-bond acceptors (Lipinski definition) is 2. The molecule has 1 atom stereocenters. The zero-order valence-corrected chi connectivity index (χ0v) is 13.9. The predicted molar refractivity (Wildman–Crippen MR) is 95.2 cm³/mol. The SMILES string of the molecule is Cc1ccc(-c2[nH]ncc2CN[C@@H](C)c2ccccc2)cc1C. The van der Waals surface area contributed by atoms with Crippen LogP contribution in [0.2, 0.25) is 0 Å². The van der Waals surface area contributed by atoms with Gasteiger partial charge in [-0.1, -0.05) is 42.5 Å². The maximum Gasteiger partial charge on any atom is 0.0695 e. The average Bonchev–Trinajstić information content (AvgIpc) is 3.04. The summed E-state index contributed by atoms with van der Waals surface area (Å²) in [6.45, 7) is 7.25. The third-order valence-corrected chi connectivity index (χ3v) is 4.41. The summed E-state index contributed by atoms with van der Waals surface area (Å²) in [4.78, 5) is 0. The van der Waals surface area contributed by atoms with Crippen LogP contribution in [-0.2, 0) is 6.54 Å². The molecule has 3 heteroatoms. The van der Waals surface area contributed by atoms with E-state index < -0.39 is 0 Å². The molecule has 0 bridgehead atoms. The second-order valence-corrected chi connectivity index (χ2v) is 6.08. The van der Waals surface area contributed by atoms with Gasteiger partial charge in [-0.05, 0) is 43.5 Å². The first-order valence-electron chi connectivity index (χ1n) is 8.03. The highest BCUT2D eigenvalue weighted by Gasteiger charge is 2.10. The molecule has 2 N–H and O–H groups in total. The fourth-order valence-corrected chi connectivity index (χ4v) is 2.71. The van der Waals surface area contributed by atoms with Gasteiger partial charge in [-0.15, -0.1) is 0 Å². The van der Waals surface area contributed by atoms with Crippen molar-refractivity contribution in [3.63, 3.8) is 0 Å². The van der Waals surface area contributed by atoms with Crippen LogP contribution in [-0.4, -0.2) is 10.2 Å². The fourth-order valence-electron chi connectivity index (χ4n) is 2.71. The van der Waals surface area contributed by atoms with Crippen LogP contribution in [0.25, 0.3) is 11.3 Å². The maximum atomic E-state index is 4.24. The molecule has 3 aromatic rings. The van der Waals surface area contributed by atoms with Crippen LogP contribution in [0.4, 0.5) is 0 Å². The Kier molecular flexibility index (Phi) is 4.58. The quantitative estimate of drug-likeness (QED) is 0.726. The molecule has 3 rings (SSSR count). The summed E-state index contributed by atoms with van der Waals surface area (Å²) >= 11 is 0. The summed E-state index contributed by atoms with van der Waals surface area (Å²) in [6, 6.07) is 17.3. The summed E-state index contributed by atoms with van der Waals surface area (Å²) in [5, 5.41) is 11.0. The van der Waals surface area contributed by atoms with E-state index in [9.17, 15) is 0 Å². The van der Waals surface area contributed by atoms with Gasteiger partial charge in [-0.25, -0.2) is 0 Å². The molecule has 0 spiro atoms. The van der Waals surface area contributed by atoms with Gasteiger partial charge in [0.1, 0.15) is 0 Å². The van der Waals surface area contributed by atoms with Crippen LogP contribution in [0.15, 0.2) is 54.7 Å². The van der Waals surface area contributed by atoms with E-state index >= 15 is 0 Å². The first kappa shape index (κ1) is 15.5. The zero-order chi connectivity index (χ0) is 16.2. The van der Waals surface area contributed by atoms with Crippen molar-refractivity contribution in [3.8, 4) is 11.3 Å². The first-order chi connectivity index (χ1) is 11.1. The zero-order valence-electron chi connectivity index (χ0n) is 13.9. The molecule has 0 radical (unpaired) electrons. The van der Waals surface area contributed by atoms with Crippen molar-refractivity contribution in [3.05, 3.63) is 77.0 Å². The molecular weight excluding hydrogens is 282 g/mol. The van der Waals surface area contributed by atoms with Crippen LogP contribution in [0.5, 0.6) is 0 Å². The predicted octanol–water partition coefficient (Wildman–Crippen LogP) is 4.54. The van der Waals surface area contributed by atoms with Crippen molar-refractivity contribution >= 4 is 0 Å². The standard InChI is InChI=1S/C20H23N3/c1-14-9-10-18(11-15(14)2)20-19(13-22-23-20)12-21-16(3)17-7-5-4-6-8-17/h4-11,13,16,21H,12H2,1-3H3,(H,22,23)/t16-/m0/s1. The van der Waals surface area contributed by atoms with E-state index in [0.29, 0.717) is 6.04 Å². The molecule has 0 saturated carbocycles. The molecular formula is C20H23N3. The van der Waals surface area contributed by atoms with Crippen molar-refractivity contribution < 1.29 is 0 Å². The monoisotopic (exact) mass is 305 g/mol. The summed E-state index contributed by atoms with van der Waals surface area (Å²) in [5.41, 5.74) is 7.38. The van der Waals surface area contributed by atoms with Gasteiger partial charge in [0.2, 0.25) is 0 Å². The molecule has 1 heterocycles. The van der Waals surface area contributed by atoms with Gasteiger partial charge in [0.25, 0.3) is 0 Å². The number of aromatic nitrogens is 2. The van der Waals surface area contributed by atoms with Crippen LogP contribution in [0.1, 0.15) is 35.2 Å². The molecule has 118 valence electrons. The summed E-state index contributed by atoms with van der Waals surface area (Å²) in [6.07, 6.45) is 1.91. The maximum absolute atomic E-state index is 4.24. The largest absolute Gasteiger partial charge is 0.306 e. The van der Waals surface area contributed by atoms with E-state index in [1.807, 2.05) is 12.3 Å². The Morgan fingerprint density at radius 1 is 1.04 bits per heavy atom.